The Morgan fingerprint density at radius 3 is 1.29 bits per heavy atom. The molecule has 0 radical (unpaired) electrons. The van der Waals surface area contributed by atoms with E-state index in [-0.39, 0.29) is 0 Å². The summed E-state index contributed by atoms with van der Waals surface area (Å²) in [6.45, 7) is 0. The summed E-state index contributed by atoms with van der Waals surface area (Å²) in [4.78, 5) is 16.0. The maximum Gasteiger partial charge on any atom is 0.238 e. The van der Waals surface area contributed by atoms with Crippen LogP contribution in [0, 0.1) is 0 Å². The van der Waals surface area contributed by atoms with Crippen molar-refractivity contribution in [3.63, 3.8) is 0 Å². The number of fused-ring (bicyclic) bond motifs is 10. The molecule has 0 aliphatic carbocycles. The summed E-state index contributed by atoms with van der Waals surface area (Å²) in [7, 11) is 0. The molecule has 4 aromatic heterocycles. The van der Waals surface area contributed by atoms with Gasteiger partial charge in [-0.1, -0.05) is 188 Å². The van der Waals surface area contributed by atoms with Gasteiger partial charge in [-0.05, 0) is 76.9 Å². The van der Waals surface area contributed by atoms with E-state index < -0.39 is 0 Å². The van der Waals surface area contributed by atoms with Gasteiger partial charge in [-0.3, -0.25) is 4.57 Å². The fourth-order valence-corrected chi connectivity index (χ4v) is 10.6. The fraction of sp³-hybridized carbons (Fsp3) is 0. The maximum absolute atomic E-state index is 5.43. The van der Waals surface area contributed by atoms with E-state index >= 15 is 0 Å². The molecule has 0 bridgehead atoms. The monoisotopic (exact) mass is 880 g/mol. The Kier molecular flexibility index (Phi) is 8.79. The molecule has 14 rings (SSSR count). The highest BCUT2D eigenvalue weighted by atomic mass is 15.2. The lowest BCUT2D eigenvalue weighted by Gasteiger charge is -2.13. The van der Waals surface area contributed by atoms with Crippen LogP contribution in [0.3, 0.4) is 0 Å². The Hall–Kier alpha value is -9.39. The number of nitrogens with zero attached hydrogens (tertiary/aromatic N) is 6. The van der Waals surface area contributed by atoms with Crippen molar-refractivity contribution in [2.75, 3.05) is 0 Å². The van der Waals surface area contributed by atoms with E-state index in [1.807, 2.05) is 18.2 Å². The van der Waals surface area contributed by atoms with Gasteiger partial charge in [0, 0.05) is 54.8 Å². The first-order valence-electron chi connectivity index (χ1n) is 23.4. The van der Waals surface area contributed by atoms with Gasteiger partial charge in [0.1, 0.15) is 0 Å². The predicted molar refractivity (Wildman–Crippen MR) is 285 cm³/mol. The van der Waals surface area contributed by atoms with Crippen molar-refractivity contribution >= 4 is 65.4 Å². The van der Waals surface area contributed by atoms with E-state index in [2.05, 4.69) is 238 Å². The molecule has 0 N–H and O–H groups in total. The van der Waals surface area contributed by atoms with Gasteiger partial charge in [0.25, 0.3) is 0 Å². The first-order valence-corrected chi connectivity index (χ1v) is 23.4. The molecule has 0 aliphatic rings. The van der Waals surface area contributed by atoms with Crippen molar-refractivity contribution in [2.45, 2.75) is 0 Å². The van der Waals surface area contributed by atoms with E-state index in [9.17, 15) is 0 Å². The molecule has 0 saturated carbocycles. The van der Waals surface area contributed by atoms with Crippen LogP contribution in [0.15, 0.2) is 243 Å². The highest BCUT2D eigenvalue weighted by Crippen LogP contribution is 2.43. The second kappa shape index (κ2) is 15.6. The molecule has 0 unspecified atom stereocenters. The summed E-state index contributed by atoms with van der Waals surface area (Å²) in [5.74, 6) is 1.75. The van der Waals surface area contributed by atoms with Gasteiger partial charge in [-0.25, -0.2) is 4.98 Å². The summed E-state index contributed by atoms with van der Waals surface area (Å²) in [5, 5.41) is 7.01. The van der Waals surface area contributed by atoms with Gasteiger partial charge in [0.2, 0.25) is 5.95 Å². The highest BCUT2D eigenvalue weighted by molar-refractivity contribution is 6.24. The first-order chi connectivity index (χ1) is 34.2. The van der Waals surface area contributed by atoms with E-state index in [1.165, 1.54) is 32.9 Å². The number of hydrogen-bond acceptors (Lipinski definition) is 3. The molecule has 4 heterocycles. The zero-order valence-corrected chi connectivity index (χ0v) is 37.3. The third-order valence-electron chi connectivity index (χ3n) is 13.7. The molecule has 0 aliphatic heterocycles. The van der Waals surface area contributed by atoms with Crippen LogP contribution in [-0.2, 0) is 0 Å². The van der Waals surface area contributed by atoms with Crippen LogP contribution in [0.25, 0.3) is 128 Å². The average Bonchev–Trinajstić information content (AvgIpc) is 4.07. The first kappa shape index (κ1) is 38.8. The minimum Gasteiger partial charge on any atom is -0.309 e. The van der Waals surface area contributed by atoms with Gasteiger partial charge in [-0.2, -0.15) is 9.97 Å². The molecule has 322 valence electrons. The summed E-state index contributed by atoms with van der Waals surface area (Å²) in [6, 6.07) is 86.3. The zero-order valence-electron chi connectivity index (χ0n) is 37.3. The van der Waals surface area contributed by atoms with E-state index in [1.54, 1.807) is 0 Å². The van der Waals surface area contributed by atoms with Crippen LogP contribution >= 0.6 is 0 Å². The molecular weight excluding hydrogens is 841 g/mol. The number of rotatable bonds is 7. The second-order valence-corrected chi connectivity index (χ2v) is 17.6. The lowest BCUT2D eigenvalue weighted by Crippen LogP contribution is -2.07. The number of aromatic nitrogens is 6. The maximum atomic E-state index is 5.43. The minimum absolute atomic E-state index is 0.549. The summed E-state index contributed by atoms with van der Waals surface area (Å²) >= 11 is 0. The lowest BCUT2D eigenvalue weighted by atomic mass is 9.98. The van der Waals surface area contributed by atoms with Crippen LogP contribution in [0.2, 0.25) is 0 Å². The van der Waals surface area contributed by atoms with Crippen molar-refractivity contribution in [1.82, 2.24) is 28.7 Å². The molecule has 0 amide bonds. The third-order valence-corrected chi connectivity index (χ3v) is 13.7. The molecule has 6 heteroatoms. The predicted octanol–water partition coefficient (Wildman–Crippen LogP) is 15.8. The van der Waals surface area contributed by atoms with Crippen LogP contribution in [-0.4, -0.2) is 28.7 Å². The zero-order chi connectivity index (χ0) is 45.4. The van der Waals surface area contributed by atoms with Crippen LogP contribution in [0.4, 0.5) is 0 Å². The Morgan fingerprint density at radius 1 is 0.232 bits per heavy atom. The molecule has 0 spiro atoms. The Morgan fingerprint density at radius 2 is 0.667 bits per heavy atom. The van der Waals surface area contributed by atoms with Gasteiger partial charge in [-0.15, -0.1) is 0 Å². The number of para-hydroxylation sites is 4. The normalized spacial score (nSPS) is 11.8. The Bertz CT molecular complexity index is 4230. The molecule has 10 aromatic carbocycles. The molecule has 0 fully saturated rings. The second-order valence-electron chi connectivity index (χ2n) is 17.6. The van der Waals surface area contributed by atoms with Crippen molar-refractivity contribution in [2.24, 2.45) is 0 Å². The largest absolute Gasteiger partial charge is 0.309 e. The Labute approximate surface area is 397 Å². The SMILES string of the molecule is c1ccc(-c2cccc(-c3ccc(-c4nc(-c5ccccc5)nc(-n5c6ccccc6c6ccc7c8cc(-n9c%10ccccc%10c%10ccccc%109)ccc8n(-c8ccccc8)c7c65)n4)cc3)c2)cc1. The lowest BCUT2D eigenvalue weighted by molar-refractivity contribution is 0.953. The summed E-state index contributed by atoms with van der Waals surface area (Å²) in [5.41, 5.74) is 15.2. The van der Waals surface area contributed by atoms with Crippen LogP contribution in [0.1, 0.15) is 0 Å². The molecule has 69 heavy (non-hydrogen) atoms. The van der Waals surface area contributed by atoms with Crippen molar-refractivity contribution < 1.29 is 0 Å². The van der Waals surface area contributed by atoms with E-state index in [4.69, 9.17) is 15.0 Å². The van der Waals surface area contributed by atoms with Gasteiger partial charge >= 0.3 is 0 Å². The molecule has 14 aromatic rings. The van der Waals surface area contributed by atoms with E-state index in [0.29, 0.717) is 17.6 Å². The highest BCUT2D eigenvalue weighted by Gasteiger charge is 2.24. The van der Waals surface area contributed by atoms with Crippen molar-refractivity contribution in [3.05, 3.63) is 243 Å². The fourth-order valence-electron chi connectivity index (χ4n) is 10.6. The van der Waals surface area contributed by atoms with Gasteiger partial charge in [0.05, 0.1) is 33.1 Å². The topological polar surface area (TPSA) is 53.5 Å². The molecule has 0 saturated heterocycles. The average molecular weight is 881 g/mol. The standard InChI is InChI=1S/C63H40N6/c1-4-17-41(18-5-1)45-21-16-22-46(39-45)42-31-33-44(34-32-42)62-64-61(43-19-6-2-7-20-43)65-63(66-62)69-57-30-15-12-27-51(57)52-36-37-53-54-40-48(67-55-28-13-10-25-49(55)50-26-11-14-29-56(50)67)35-38-58(54)68(59(53)60(52)69)47-23-8-3-9-24-47/h1-40H. The van der Waals surface area contributed by atoms with Crippen molar-refractivity contribution in [1.29, 1.82) is 0 Å². The van der Waals surface area contributed by atoms with Gasteiger partial charge < -0.3 is 9.13 Å². The van der Waals surface area contributed by atoms with Crippen molar-refractivity contribution in [3.8, 4) is 62.4 Å². The summed E-state index contributed by atoms with van der Waals surface area (Å²) in [6.07, 6.45) is 0. The quantitative estimate of drug-likeness (QED) is 0.160. The van der Waals surface area contributed by atoms with Gasteiger partial charge in [0.15, 0.2) is 11.6 Å². The number of hydrogen-bond donors (Lipinski definition) is 0. The number of benzene rings is 10. The molecule has 0 atom stereocenters. The smallest absolute Gasteiger partial charge is 0.238 e. The van der Waals surface area contributed by atoms with E-state index in [0.717, 1.165) is 77.2 Å². The Balaban J connectivity index is 1.02. The molecular formula is C63H40N6. The van der Waals surface area contributed by atoms with Crippen LogP contribution < -0.4 is 0 Å². The van der Waals surface area contributed by atoms with Crippen LogP contribution in [0.5, 0.6) is 0 Å². The summed E-state index contributed by atoms with van der Waals surface area (Å²) < 4.78 is 7.08. The minimum atomic E-state index is 0.549. The molecule has 6 nitrogen and oxygen atoms in total. The third kappa shape index (κ3) is 6.23.